The molecular formula is C28H31N3O6S. The molecule has 3 aromatic carbocycles. The summed E-state index contributed by atoms with van der Waals surface area (Å²) in [5, 5.41) is 11.0. The fraction of sp³-hybridized carbons (Fsp3) is 0.286. The molecular weight excluding hydrogens is 506 g/mol. The van der Waals surface area contributed by atoms with Crippen molar-refractivity contribution in [2.24, 2.45) is 0 Å². The number of ether oxygens (including phenoxy) is 1. The Balaban J connectivity index is 1.92. The smallest absolute Gasteiger partial charge is 0.332 e. The highest BCUT2D eigenvalue weighted by molar-refractivity contribution is 7.92. The van der Waals surface area contributed by atoms with Gasteiger partial charge in [0.2, 0.25) is 10.0 Å². The van der Waals surface area contributed by atoms with E-state index in [1.54, 1.807) is 19.2 Å². The van der Waals surface area contributed by atoms with Gasteiger partial charge in [-0.15, -0.1) is 0 Å². The zero-order chi connectivity index (χ0) is 27.8. The molecule has 2 N–H and O–H groups in total. The highest BCUT2D eigenvalue weighted by Gasteiger charge is 2.24. The molecule has 200 valence electrons. The summed E-state index contributed by atoms with van der Waals surface area (Å²) in [6, 6.07) is 16.1. The number of nitrogens with one attached hydrogen (secondary N) is 1. The van der Waals surface area contributed by atoms with Gasteiger partial charge in [-0.05, 0) is 52.1 Å². The number of aliphatic hydroxyl groups excluding tert-OH is 1. The van der Waals surface area contributed by atoms with Crippen molar-refractivity contribution in [3.63, 3.8) is 0 Å². The molecule has 0 aliphatic rings. The maximum Gasteiger partial charge on any atom is 0.332 e. The lowest BCUT2D eigenvalue weighted by Crippen LogP contribution is -2.32. The van der Waals surface area contributed by atoms with Gasteiger partial charge in [-0.25, -0.2) is 13.2 Å². The number of anilines is 1. The van der Waals surface area contributed by atoms with Gasteiger partial charge in [0.25, 0.3) is 5.56 Å². The zero-order valence-electron chi connectivity index (χ0n) is 22.0. The fourth-order valence-corrected chi connectivity index (χ4v) is 5.41. The highest BCUT2D eigenvalue weighted by Crippen LogP contribution is 2.42. The van der Waals surface area contributed by atoms with Crippen molar-refractivity contribution in [3.05, 3.63) is 87.2 Å². The maximum atomic E-state index is 12.6. The minimum Gasteiger partial charge on any atom is -0.496 e. The summed E-state index contributed by atoms with van der Waals surface area (Å²) in [7, 11) is -1.95. The number of hydrogen-bond acceptors (Lipinski definition) is 6. The highest BCUT2D eigenvalue weighted by atomic mass is 32.2. The minimum absolute atomic E-state index is 0.0356. The molecule has 38 heavy (non-hydrogen) atoms. The van der Waals surface area contributed by atoms with Crippen molar-refractivity contribution in [1.82, 2.24) is 9.55 Å². The summed E-state index contributed by atoms with van der Waals surface area (Å²) in [6.07, 6.45) is 2.55. The number of aromatic nitrogens is 2. The molecule has 1 heterocycles. The average Bonchev–Trinajstić information content (AvgIpc) is 2.84. The van der Waals surface area contributed by atoms with Crippen LogP contribution in [0.25, 0.3) is 27.6 Å². The van der Waals surface area contributed by atoms with Crippen LogP contribution in [0.15, 0.2) is 70.4 Å². The Kier molecular flexibility index (Phi) is 7.22. The van der Waals surface area contributed by atoms with Crippen molar-refractivity contribution < 1.29 is 18.3 Å². The second-order valence-electron chi connectivity index (χ2n) is 10.1. The second-order valence-corrected chi connectivity index (χ2v) is 12.0. The number of rotatable bonds is 7. The molecule has 4 aromatic rings. The van der Waals surface area contributed by atoms with Crippen LogP contribution < -0.4 is 20.3 Å². The molecule has 10 heteroatoms. The van der Waals surface area contributed by atoms with Crippen LogP contribution in [0.2, 0.25) is 0 Å². The Morgan fingerprint density at radius 1 is 1.00 bits per heavy atom. The molecule has 9 nitrogen and oxygen atoms in total. The van der Waals surface area contributed by atoms with E-state index in [9.17, 15) is 23.1 Å². The summed E-state index contributed by atoms with van der Waals surface area (Å²) >= 11 is 0. The van der Waals surface area contributed by atoms with Crippen molar-refractivity contribution in [1.29, 1.82) is 0 Å². The van der Waals surface area contributed by atoms with Gasteiger partial charge in [-0.1, -0.05) is 39.0 Å². The zero-order valence-corrected chi connectivity index (χ0v) is 22.8. The number of aliphatic hydroxyl groups is 1. The maximum absolute atomic E-state index is 12.6. The van der Waals surface area contributed by atoms with Crippen LogP contribution in [0.3, 0.4) is 0 Å². The van der Waals surface area contributed by atoms with Crippen LogP contribution in [-0.4, -0.2) is 49.6 Å². The van der Waals surface area contributed by atoms with E-state index in [4.69, 9.17) is 4.74 Å². The van der Waals surface area contributed by atoms with Crippen molar-refractivity contribution >= 4 is 26.5 Å². The van der Waals surface area contributed by atoms with Gasteiger partial charge >= 0.3 is 5.69 Å². The van der Waals surface area contributed by atoms with Crippen LogP contribution in [0.4, 0.5) is 5.69 Å². The Morgan fingerprint density at radius 2 is 1.68 bits per heavy atom. The first-order valence-corrected chi connectivity index (χ1v) is 13.9. The predicted molar refractivity (Wildman–Crippen MR) is 150 cm³/mol. The van der Waals surface area contributed by atoms with Gasteiger partial charge in [0.05, 0.1) is 37.9 Å². The third-order valence-corrected chi connectivity index (χ3v) is 7.51. The molecule has 0 unspecified atom stereocenters. The number of nitrogens with zero attached hydrogens (tertiary/aromatic N) is 2. The van der Waals surface area contributed by atoms with Gasteiger partial charge in [0.1, 0.15) is 5.75 Å². The van der Waals surface area contributed by atoms with Crippen molar-refractivity contribution in [2.45, 2.75) is 26.2 Å². The molecule has 0 aliphatic carbocycles. The Morgan fingerprint density at radius 3 is 2.29 bits per heavy atom. The van der Waals surface area contributed by atoms with Gasteiger partial charge in [0, 0.05) is 23.4 Å². The minimum atomic E-state index is -3.56. The summed E-state index contributed by atoms with van der Waals surface area (Å²) in [5.74, 6) is 0.667. The van der Waals surface area contributed by atoms with Gasteiger partial charge in [-0.3, -0.25) is 18.7 Å². The van der Waals surface area contributed by atoms with E-state index < -0.39 is 21.3 Å². The first-order valence-electron chi connectivity index (χ1n) is 12.0. The molecule has 0 bridgehead atoms. The average molecular weight is 538 g/mol. The summed E-state index contributed by atoms with van der Waals surface area (Å²) < 4.78 is 32.9. The number of methoxy groups -OCH3 is 1. The quantitative estimate of drug-likeness (QED) is 0.373. The number of aromatic amines is 1. The van der Waals surface area contributed by atoms with E-state index in [0.29, 0.717) is 17.1 Å². The van der Waals surface area contributed by atoms with E-state index in [1.165, 1.54) is 21.1 Å². The van der Waals surface area contributed by atoms with E-state index >= 15 is 0 Å². The molecule has 0 amide bonds. The first kappa shape index (κ1) is 27.2. The van der Waals surface area contributed by atoms with Crippen molar-refractivity contribution in [3.8, 4) is 22.6 Å². The van der Waals surface area contributed by atoms with Crippen LogP contribution in [0.5, 0.6) is 5.75 Å². The van der Waals surface area contributed by atoms with Gasteiger partial charge < -0.3 is 9.84 Å². The van der Waals surface area contributed by atoms with E-state index in [0.717, 1.165) is 33.7 Å². The van der Waals surface area contributed by atoms with Crippen LogP contribution in [0.1, 0.15) is 26.3 Å². The number of sulfonamides is 1. The molecule has 4 rings (SSSR count). The number of hydrogen-bond donors (Lipinski definition) is 2. The largest absolute Gasteiger partial charge is 0.496 e. The van der Waals surface area contributed by atoms with Gasteiger partial charge in [0.15, 0.2) is 0 Å². The molecule has 0 spiro atoms. The second kappa shape index (κ2) is 10.1. The number of fused-ring (bicyclic) bond motifs is 1. The number of benzene rings is 3. The lowest BCUT2D eigenvalue weighted by atomic mass is 9.83. The fourth-order valence-electron chi connectivity index (χ4n) is 4.50. The predicted octanol–water partition coefficient (Wildman–Crippen LogP) is 3.41. The van der Waals surface area contributed by atoms with Crippen molar-refractivity contribution in [2.75, 3.05) is 30.8 Å². The summed E-state index contributed by atoms with van der Waals surface area (Å²) in [5.41, 5.74) is 2.18. The lowest BCUT2D eigenvalue weighted by molar-refractivity contribution is 0.307. The van der Waals surface area contributed by atoms with E-state index in [2.05, 4.69) is 25.8 Å². The van der Waals surface area contributed by atoms with E-state index in [1.807, 2.05) is 36.4 Å². The third-order valence-electron chi connectivity index (χ3n) is 6.31. The number of H-pyrrole nitrogens is 1. The summed E-state index contributed by atoms with van der Waals surface area (Å²) in [6.45, 7) is 5.82. The van der Waals surface area contributed by atoms with E-state index in [-0.39, 0.29) is 18.6 Å². The molecule has 0 atom stereocenters. The lowest BCUT2D eigenvalue weighted by Gasteiger charge is -2.26. The third kappa shape index (κ3) is 5.36. The Hall–Kier alpha value is -3.89. The summed E-state index contributed by atoms with van der Waals surface area (Å²) in [4.78, 5) is 26.5. The molecule has 0 fully saturated rings. The molecule has 0 radical (unpaired) electrons. The standard InChI is InChI=1S/C28H31N3O6S/c1-28(2,3)24-17-22(30-11-10-25(33)29-27(30)34)16-23(26(24)37-4)20-7-6-19-15-21(9-8-18(19)14-20)31(12-13-32)38(5,35)36/h6-11,14-17,32H,12-13H2,1-5H3,(H,29,33,34). The van der Waals surface area contributed by atoms with Crippen LogP contribution >= 0.6 is 0 Å². The van der Waals surface area contributed by atoms with Crippen LogP contribution in [-0.2, 0) is 15.4 Å². The van der Waals surface area contributed by atoms with Gasteiger partial charge in [-0.2, -0.15) is 0 Å². The topological polar surface area (TPSA) is 122 Å². The first-order chi connectivity index (χ1) is 17.8. The SMILES string of the molecule is COc1c(-c2ccc3cc(N(CCO)S(C)(=O)=O)ccc3c2)cc(-n2ccc(=O)[nH]c2=O)cc1C(C)(C)C. The molecule has 0 saturated carbocycles. The normalized spacial score (nSPS) is 12.1. The Bertz CT molecular complexity index is 1730. The Labute approximate surface area is 221 Å². The van der Waals surface area contributed by atoms with Crippen LogP contribution in [0, 0.1) is 0 Å². The molecule has 1 aromatic heterocycles. The molecule has 0 aliphatic heterocycles. The molecule has 0 saturated heterocycles. The monoisotopic (exact) mass is 537 g/mol.